The Morgan fingerprint density at radius 1 is 1.07 bits per heavy atom. The Kier molecular flexibility index (Phi) is 7.29. The number of methoxy groups -OCH3 is 1. The number of rotatable bonds is 7. The van der Waals surface area contributed by atoms with E-state index < -0.39 is 16.0 Å². The van der Waals surface area contributed by atoms with Crippen LogP contribution in [0.25, 0.3) is 0 Å². The zero-order valence-corrected chi connectivity index (χ0v) is 17.9. The van der Waals surface area contributed by atoms with E-state index in [2.05, 4.69) is 14.4 Å². The highest BCUT2D eigenvalue weighted by Gasteiger charge is 2.19. The number of nitrogens with one attached hydrogen (secondary N) is 1. The lowest BCUT2D eigenvalue weighted by atomic mass is 10.1. The molecule has 0 aromatic heterocycles. The predicted octanol–water partition coefficient (Wildman–Crippen LogP) is 3.59. The minimum atomic E-state index is -3.80. The molecule has 8 heteroatoms. The predicted molar refractivity (Wildman–Crippen MR) is 112 cm³/mol. The van der Waals surface area contributed by atoms with E-state index in [1.807, 2.05) is 24.3 Å². The van der Waals surface area contributed by atoms with Crippen LogP contribution in [0.1, 0.15) is 40.7 Å². The summed E-state index contributed by atoms with van der Waals surface area (Å²) in [7, 11) is -2.58. The van der Waals surface area contributed by atoms with E-state index in [1.54, 1.807) is 0 Å². The Hall–Kier alpha value is -1.93. The lowest BCUT2D eigenvalue weighted by Gasteiger charge is -2.26. The smallest absolute Gasteiger partial charge is 0.339 e. The Labute approximate surface area is 176 Å². The Morgan fingerprint density at radius 2 is 1.72 bits per heavy atom. The molecule has 0 spiro atoms. The molecule has 0 unspecified atom stereocenters. The average Bonchev–Trinajstić information content (AvgIpc) is 2.73. The third kappa shape index (κ3) is 5.79. The summed E-state index contributed by atoms with van der Waals surface area (Å²) in [6.45, 7) is 3.35. The minimum Gasteiger partial charge on any atom is -0.465 e. The lowest BCUT2D eigenvalue weighted by Crippen LogP contribution is -2.29. The van der Waals surface area contributed by atoms with Crippen molar-refractivity contribution in [1.82, 2.24) is 9.62 Å². The van der Waals surface area contributed by atoms with E-state index in [4.69, 9.17) is 11.6 Å². The van der Waals surface area contributed by atoms with Gasteiger partial charge in [-0.25, -0.2) is 17.9 Å². The SMILES string of the molecule is COC(=O)c1cc(S(=O)(=O)NCc2ccc(CN3CCCCC3)cc2)ccc1Cl. The van der Waals surface area contributed by atoms with Gasteiger partial charge in [-0.15, -0.1) is 0 Å². The molecule has 0 aliphatic carbocycles. The summed E-state index contributed by atoms with van der Waals surface area (Å²) >= 11 is 5.96. The molecule has 29 heavy (non-hydrogen) atoms. The van der Waals surface area contributed by atoms with Crippen LogP contribution >= 0.6 is 11.6 Å². The number of ether oxygens (including phenoxy) is 1. The third-order valence-corrected chi connectivity index (χ3v) is 6.73. The number of halogens is 1. The zero-order valence-electron chi connectivity index (χ0n) is 16.4. The fourth-order valence-electron chi connectivity index (χ4n) is 3.34. The molecular weight excluding hydrogens is 412 g/mol. The Balaban J connectivity index is 1.63. The molecule has 1 fully saturated rings. The first-order valence-corrected chi connectivity index (χ1v) is 11.4. The van der Waals surface area contributed by atoms with Crippen molar-refractivity contribution in [2.45, 2.75) is 37.2 Å². The molecule has 0 amide bonds. The van der Waals surface area contributed by atoms with Crippen LogP contribution in [-0.4, -0.2) is 39.5 Å². The maximum atomic E-state index is 12.6. The molecule has 2 aromatic rings. The standard InChI is InChI=1S/C21H25ClN2O4S/c1-28-21(25)19-13-18(9-10-20(19)22)29(26,27)23-14-16-5-7-17(8-6-16)15-24-11-3-2-4-12-24/h5-10,13,23H,2-4,11-12,14-15H2,1H3. The maximum Gasteiger partial charge on any atom is 0.339 e. The van der Waals surface area contributed by atoms with Crippen LogP contribution in [0.4, 0.5) is 0 Å². The number of carbonyl (C=O) groups excluding carboxylic acids is 1. The fraction of sp³-hybridized carbons (Fsp3) is 0.381. The van der Waals surface area contributed by atoms with E-state index in [0.29, 0.717) is 0 Å². The van der Waals surface area contributed by atoms with Gasteiger partial charge in [-0.1, -0.05) is 42.3 Å². The van der Waals surface area contributed by atoms with Crippen LogP contribution in [0.2, 0.25) is 5.02 Å². The maximum absolute atomic E-state index is 12.6. The number of benzene rings is 2. The van der Waals surface area contributed by atoms with E-state index in [0.717, 1.165) is 25.2 Å². The van der Waals surface area contributed by atoms with E-state index in [9.17, 15) is 13.2 Å². The fourth-order valence-corrected chi connectivity index (χ4v) is 4.58. The summed E-state index contributed by atoms with van der Waals surface area (Å²) < 4.78 is 32.4. The first kappa shape index (κ1) is 21.8. The number of esters is 1. The second-order valence-corrected chi connectivity index (χ2v) is 9.29. The van der Waals surface area contributed by atoms with E-state index >= 15 is 0 Å². The summed E-state index contributed by atoms with van der Waals surface area (Å²) in [6, 6.07) is 11.9. The molecular formula is C21H25ClN2O4S. The second kappa shape index (κ2) is 9.71. The van der Waals surface area contributed by atoms with Crippen LogP contribution in [0, 0.1) is 0 Å². The number of hydrogen-bond acceptors (Lipinski definition) is 5. The van der Waals surface area contributed by atoms with Gasteiger partial charge < -0.3 is 4.74 Å². The van der Waals surface area contributed by atoms with Gasteiger partial charge in [0.1, 0.15) is 0 Å². The summed E-state index contributed by atoms with van der Waals surface area (Å²) in [4.78, 5) is 14.1. The molecule has 0 bridgehead atoms. The first-order valence-electron chi connectivity index (χ1n) is 9.57. The van der Waals surface area contributed by atoms with Crippen LogP contribution in [0.15, 0.2) is 47.4 Å². The van der Waals surface area contributed by atoms with Gasteiger partial charge in [-0.05, 0) is 55.3 Å². The molecule has 6 nitrogen and oxygen atoms in total. The van der Waals surface area contributed by atoms with Crippen LogP contribution in [0.3, 0.4) is 0 Å². The summed E-state index contributed by atoms with van der Waals surface area (Å²) in [5, 5.41) is 0.139. The Morgan fingerprint density at radius 3 is 2.38 bits per heavy atom. The van der Waals surface area contributed by atoms with Crippen molar-refractivity contribution in [3.63, 3.8) is 0 Å². The normalized spacial score (nSPS) is 15.2. The largest absolute Gasteiger partial charge is 0.465 e. The molecule has 3 rings (SSSR count). The van der Waals surface area contributed by atoms with E-state index in [1.165, 1.54) is 50.1 Å². The van der Waals surface area contributed by atoms with Crippen molar-refractivity contribution in [3.05, 3.63) is 64.2 Å². The molecule has 1 heterocycles. The molecule has 1 saturated heterocycles. The first-order chi connectivity index (χ1) is 13.9. The van der Waals surface area contributed by atoms with Gasteiger partial charge in [-0.2, -0.15) is 0 Å². The highest BCUT2D eigenvalue weighted by molar-refractivity contribution is 7.89. The molecule has 0 atom stereocenters. The lowest BCUT2D eigenvalue weighted by molar-refractivity contribution is 0.0600. The average molecular weight is 437 g/mol. The number of hydrogen-bond donors (Lipinski definition) is 1. The van der Waals surface area contributed by atoms with Crippen molar-refractivity contribution in [1.29, 1.82) is 0 Å². The Bertz CT molecular complexity index is 955. The van der Waals surface area contributed by atoms with Gasteiger partial charge in [0.05, 0.1) is 22.6 Å². The van der Waals surface area contributed by atoms with Gasteiger partial charge in [0.25, 0.3) is 0 Å². The highest BCUT2D eigenvalue weighted by atomic mass is 35.5. The molecule has 0 radical (unpaired) electrons. The summed E-state index contributed by atoms with van der Waals surface area (Å²) in [6.07, 6.45) is 3.81. The quantitative estimate of drug-likeness (QED) is 0.671. The molecule has 1 aliphatic rings. The van der Waals surface area contributed by atoms with Crippen LogP contribution in [-0.2, 0) is 27.8 Å². The van der Waals surface area contributed by atoms with Gasteiger partial charge in [0, 0.05) is 13.1 Å². The number of likely N-dealkylation sites (tertiary alicyclic amines) is 1. The molecule has 0 saturated carbocycles. The van der Waals surface area contributed by atoms with Crippen molar-refractivity contribution >= 4 is 27.6 Å². The zero-order chi connectivity index (χ0) is 20.9. The molecule has 2 aromatic carbocycles. The molecule has 156 valence electrons. The van der Waals surface area contributed by atoms with Crippen LogP contribution in [0.5, 0.6) is 0 Å². The molecule has 1 N–H and O–H groups in total. The van der Waals surface area contributed by atoms with Gasteiger partial charge in [0.2, 0.25) is 10.0 Å². The minimum absolute atomic E-state index is 0.0131. The van der Waals surface area contributed by atoms with Crippen molar-refractivity contribution in [3.8, 4) is 0 Å². The second-order valence-electron chi connectivity index (χ2n) is 7.11. The topological polar surface area (TPSA) is 75.7 Å². The third-order valence-electron chi connectivity index (χ3n) is 5.00. The van der Waals surface area contributed by atoms with E-state index in [-0.39, 0.29) is 22.0 Å². The van der Waals surface area contributed by atoms with Gasteiger partial charge in [-0.3, -0.25) is 4.90 Å². The molecule has 1 aliphatic heterocycles. The van der Waals surface area contributed by atoms with Gasteiger partial charge in [0.15, 0.2) is 0 Å². The number of nitrogens with zero attached hydrogens (tertiary/aromatic N) is 1. The summed E-state index contributed by atoms with van der Waals surface area (Å²) in [5.41, 5.74) is 2.09. The monoisotopic (exact) mass is 436 g/mol. The van der Waals surface area contributed by atoms with Gasteiger partial charge >= 0.3 is 5.97 Å². The number of piperidine rings is 1. The van der Waals surface area contributed by atoms with Crippen LogP contribution < -0.4 is 4.72 Å². The van der Waals surface area contributed by atoms with Crippen molar-refractivity contribution in [2.75, 3.05) is 20.2 Å². The highest BCUT2D eigenvalue weighted by Crippen LogP contribution is 2.21. The van der Waals surface area contributed by atoms with Crippen molar-refractivity contribution < 1.29 is 17.9 Å². The van der Waals surface area contributed by atoms with Crippen molar-refractivity contribution in [2.24, 2.45) is 0 Å². The summed E-state index contributed by atoms with van der Waals surface area (Å²) in [5.74, 6) is -0.684. The number of carbonyl (C=O) groups is 1. The number of sulfonamides is 1.